The minimum atomic E-state index is -0.0522. The van der Waals surface area contributed by atoms with E-state index in [2.05, 4.69) is 0 Å². The van der Waals surface area contributed by atoms with Crippen molar-refractivity contribution in [2.45, 2.75) is 25.3 Å². The Bertz CT molecular complexity index is 990. The molecule has 1 fully saturated rings. The van der Waals surface area contributed by atoms with Gasteiger partial charge in [-0.15, -0.1) is 0 Å². The number of halogens is 1. The largest absolute Gasteiger partial charge is 0.497 e. The third kappa shape index (κ3) is 4.59. The lowest BCUT2D eigenvalue weighted by atomic mass is 10.0. The van der Waals surface area contributed by atoms with E-state index in [4.69, 9.17) is 30.5 Å². The summed E-state index contributed by atoms with van der Waals surface area (Å²) in [5.74, 6) is 2.57. The number of likely N-dealkylation sites (tertiary alicyclic amines) is 1. The number of rotatable bonds is 5. The normalized spacial score (nSPS) is 18.2. The first-order valence-electron chi connectivity index (χ1n) is 10.4. The van der Waals surface area contributed by atoms with Crippen molar-refractivity contribution < 1.29 is 23.7 Å². The van der Waals surface area contributed by atoms with Crippen molar-refractivity contribution in [3.05, 3.63) is 52.6 Å². The van der Waals surface area contributed by atoms with Crippen LogP contribution in [-0.2, 0) is 4.79 Å². The Morgan fingerprint density at radius 2 is 1.97 bits per heavy atom. The molecule has 31 heavy (non-hydrogen) atoms. The summed E-state index contributed by atoms with van der Waals surface area (Å²) in [4.78, 5) is 14.9. The van der Waals surface area contributed by atoms with Gasteiger partial charge < -0.3 is 23.8 Å². The van der Waals surface area contributed by atoms with Gasteiger partial charge in [-0.3, -0.25) is 4.79 Å². The van der Waals surface area contributed by atoms with E-state index in [1.165, 1.54) is 0 Å². The van der Waals surface area contributed by atoms with Gasteiger partial charge in [0.15, 0.2) is 11.5 Å². The van der Waals surface area contributed by atoms with E-state index in [-0.39, 0.29) is 11.9 Å². The van der Waals surface area contributed by atoms with Crippen molar-refractivity contribution >= 4 is 23.6 Å². The van der Waals surface area contributed by atoms with E-state index in [9.17, 15) is 4.79 Å². The first-order valence-corrected chi connectivity index (χ1v) is 10.8. The van der Waals surface area contributed by atoms with E-state index in [1.54, 1.807) is 32.4 Å². The molecule has 1 unspecified atom stereocenters. The van der Waals surface area contributed by atoms with Crippen molar-refractivity contribution in [1.29, 1.82) is 0 Å². The van der Waals surface area contributed by atoms with Gasteiger partial charge in [0.2, 0.25) is 5.91 Å². The number of carbonyl (C=O) groups is 1. The summed E-state index contributed by atoms with van der Waals surface area (Å²) in [6.07, 6.45) is 5.99. The van der Waals surface area contributed by atoms with Crippen LogP contribution in [0.15, 0.2) is 36.4 Å². The van der Waals surface area contributed by atoms with Gasteiger partial charge in [0.05, 0.1) is 38.5 Å². The zero-order valence-electron chi connectivity index (χ0n) is 17.7. The Labute approximate surface area is 187 Å². The van der Waals surface area contributed by atoms with Crippen LogP contribution in [0.1, 0.15) is 36.4 Å². The fourth-order valence-corrected chi connectivity index (χ4v) is 4.33. The number of ether oxygens (including phenoxy) is 4. The third-order valence-corrected chi connectivity index (χ3v) is 5.86. The first-order chi connectivity index (χ1) is 15.1. The predicted octanol–water partition coefficient (Wildman–Crippen LogP) is 4.90. The molecule has 2 aromatic carbocycles. The highest BCUT2D eigenvalue weighted by atomic mass is 35.5. The lowest BCUT2D eigenvalue weighted by Crippen LogP contribution is -2.29. The number of methoxy groups -OCH3 is 2. The molecule has 2 aromatic rings. The van der Waals surface area contributed by atoms with Crippen LogP contribution in [0.5, 0.6) is 23.0 Å². The summed E-state index contributed by atoms with van der Waals surface area (Å²) in [6, 6.07) is 9.32. The number of benzene rings is 2. The molecule has 2 aliphatic heterocycles. The molecule has 0 bridgehead atoms. The Balaban J connectivity index is 1.54. The second-order valence-electron chi connectivity index (χ2n) is 7.51. The SMILES string of the molecule is COc1ccc(C2CCCN2C(=O)C=Cc2cc(Cl)c3c(c2)OCCCO3)c(OC)c1. The maximum atomic E-state index is 13.0. The standard InChI is InChI=1S/C24H26ClNO5/c1-28-17-7-8-18(21(15-17)29-2)20-5-3-10-26(20)23(27)9-6-16-13-19(25)24-22(14-16)30-11-4-12-31-24/h6-9,13-15,20H,3-5,10-12H2,1-2H3. The Kier molecular flexibility index (Phi) is 6.56. The summed E-state index contributed by atoms with van der Waals surface area (Å²) in [6.45, 7) is 1.85. The van der Waals surface area contributed by atoms with E-state index < -0.39 is 0 Å². The quantitative estimate of drug-likeness (QED) is 0.615. The van der Waals surface area contributed by atoms with Crippen molar-refractivity contribution in [2.75, 3.05) is 34.0 Å². The fourth-order valence-electron chi connectivity index (χ4n) is 4.06. The molecule has 1 saturated heterocycles. The van der Waals surface area contributed by atoms with Gasteiger partial charge in [-0.05, 0) is 48.7 Å². The average molecular weight is 444 g/mol. The maximum absolute atomic E-state index is 13.0. The van der Waals surface area contributed by atoms with Gasteiger partial charge in [-0.2, -0.15) is 0 Å². The molecule has 0 radical (unpaired) electrons. The zero-order chi connectivity index (χ0) is 21.8. The van der Waals surface area contributed by atoms with Gasteiger partial charge in [0.1, 0.15) is 11.5 Å². The van der Waals surface area contributed by atoms with Crippen LogP contribution in [0, 0.1) is 0 Å². The van der Waals surface area contributed by atoms with Crippen LogP contribution in [0.2, 0.25) is 5.02 Å². The summed E-state index contributed by atoms with van der Waals surface area (Å²) in [5.41, 5.74) is 1.78. The lowest BCUT2D eigenvalue weighted by Gasteiger charge is -2.25. The van der Waals surface area contributed by atoms with Crippen molar-refractivity contribution in [3.8, 4) is 23.0 Å². The summed E-state index contributed by atoms with van der Waals surface area (Å²) >= 11 is 6.37. The molecule has 2 aliphatic rings. The molecule has 6 nitrogen and oxygen atoms in total. The van der Waals surface area contributed by atoms with Crippen molar-refractivity contribution in [3.63, 3.8) is 0 Å². The summed E-state index contributed by atoms with van der Waals surface area (Å²) < 4.78 is 22.2. The van der Waals surface area contributed by atoms with Crippen molar-refractivity contribution in [2.24, 2.45) is 0 Å². The van der Waals surface area contributed by atoms with Gasteiger partial charge in [0, 0.05) is 30.7 Å². The molecule has 0 saturated carbocycles. The van der Waals surface area contributed by atoms with Gasteiger partial charge >= 0.3 is 0 Å². The molecule has 7 heteroatoms. The van der Waals surface area contributed by atoms with Gasteiger partial charge in [0.25, 0.3) is 0 Å². The zero-order valence-corrected chi connectivity index (χ0v) is 18.5. The third-order valence-electron chi connectivity index (χ3n) is 5.58. The fraction of sp³-hybridized carbons (Fsp3) is 0.375. The molecule has 1 atom stereocenters. The minimum absolute atomic E-state index is 0.0367. The Morgan fingerprint density at radius 3 is 2.77 bits per heavy atom. The number of nitrogens with zero attached hydrogens (tertiary/aromatic N) is 1. The van der Waals surface area contributed by atoms with Crippen LogP contribution in [-0.4, -0.2) is 44.8 Å². The number of fused-ring (bicyclic) bond motifs is 1. The van der Waals surface area contributed by atoms with Gasteiger partial charge in [-0.25, -0.2) is 0 Å². The maximum Gasteiger partial charge on any atom is 0.247 e. The minimum Gasteiger partial charge on any atom is -0.497 e. The molecule has 0 aliphatic carbocycles. The molecule has 164 valence electrons. The van der Waals surface area contributed by atoms with Crippen LogP contribution < -0.4 is 18.9 Å². The predicted molar refractivity (Wildman–Crippen MR) is 119 cm³/mol. The topological polar surface area (TPSA) is 57.2 Å². The van der Waals surface area contributed by atoms with Crippen LogP contribution >= 0.6 is 11.6 Å². The number of amides is 1. The molecule has 1 amide bonds. The number of hydrogen-bond acceptors (Lipinski definition) is 5. The molecule has 2 heterocycles. The van der Waals surface area contributed by atoms with Gasteiger partial charge in [-0.1, -0.05) is 11.6 Å². The highest BCUT2D eigenvalue weighted by molar-refractivity contribution is 6.32. The Hall–Kier alpha value is -2.86. The first kappa shape index (κ1) is 21.4. The number of hydrogen-bond donors (Lipinski definition) is 0. The van der Waals surface area contributed by atoms with E-state index in [1.807, 2.05) is 29.2 Å². The van der Waals surface area contributed by atoms with E-state index >= 15 is 0 Å². The summed E-state index contributed by atoms with van der Waals surface area (Å²) in [5, 5.41) is 0.480. The van der Waals surface area contributed by atoms with Crippen LogP contribution in [0.25, 0.3) is 6.08 Å². The number of carbonyl (C=O) groups excluding carboxylic acids is 1. The highest BCUT2D eigenvalue weighted by Gasteiger charge is 2.31. The average Bonchev–Trinajstić information content (AvgIpc) is 3.15. The van der Waals surface area contributed by atoms with E-state index in [0.29, 0.717) is 36.3 Å². The second-order valence-corrected chi connectivity index (χ2v) is 7.92. The molecule has 0 spiro atoms. The molecule has 4 rings (SSSR count). The monoisotopic (exact) mass is 443 g/mol. The summed E-state index contributed by atoms with van der Waals surface area (Å²) in [7, 11) is 3.25. The van der Waals surface area contributed by atoms with E-state index in [0.717, 1.165) is 41.9 Å². The van der Waals surface area contributed by atoms with Crippen LogP contribution in [0.3, 0.4) is 0 Å². The Morgan fingerprint density at radius 1 is 1.13 bits per heavy atom. The molecular weight excluding hydrogens is 418 g/mol. The molecular formula is C24H26ClNO5. The second kappa shape index (κ2) is 9.52. The van der Waals surface area contributed by atoms with Crippen LogP contribution in [0.4, 0.5) is 0 Å². The molecule has 0 aromatic heterocycles. The lowest BCUT2D eigenvalue weighted by molar-refractivity contribution is -0.126. The smallest absolute Gasteiger partial charge is 0.247 e. The highest BCUT2D eigenvalue weighted by Crippen LogP contribution is 2.40. The molecule has 0 N–H and O–H groups in total. The van der Waals surface area contributed by atoms with Crippen molar-refractivity contribution in [1.82, 2.24) is 4.90 Å².